The molecule has 0 aliphatic rings. The molecule has 2 rings (SSSR count). The van der Waals surface area contributed by atoms with Crippen molar-refractivity contribution in [2.24, 2.45) is 0 Å². The first-order chi connectivity index (χ1) is 9.49. The van der Waals surface area contributed by atoms with Crippen LogP contribution in [-0.2, 0) is 6.54 Å². The van der Waals surface area contributed by atoms with Crippen LogP contribution in [0, 0.1) is 6.92 Å². The summed E-state index contributed by atoms with van der Waals surface area (Å²) in [5, 5.41) is 10.4. The van der Waals surface area contributed by atoms with Crippen LogP contribution in [0.15, 0.2) is 42.5 Å². The maximum atomic E-state index is 10.4. The standard InChI is InChI=1S/C18H23NO/c1-13-10-15(12-19(3)4)11-17(18(13)20)14(2)16-8-6-5-7-9-16/h5-11,14,20H,12H2,1-4H3. The molecule has 2 aromatic rings. The van der Waals surface area contributed by atoms with E-state index in [2.05, 4.69) is 50.2 Å². The van der Waals surface area contributed by atoms with Crippen LogP contribution in [0.2, 0.25) is 0 Å². The molecular formula is C18H23NO. The summed E-state index contributed by atoms with van der Waals surface area (Å²) in [6.45, 7) is 4.99. The number of phenols is 1. The minimum absolute atomic E-state index is 0.192. The zero-order chi connectivity index (χ0) is 14.7. The van der Waals surface area contributed by atoms with E-state index >= 15 is 0 Å². The Morgan fingerprint density at radius 1 is 1.10 bits per heavy atom. The average Bonchev–Trinajstić information content (AvgIpc) is 2.42. The van der Waals surface area contributed by atoms with Crippen molar-refractivity contribution in [3.05, 3.63) is 64.7 Å². The third-order valence-electron chi connectivity index (χ3n) is 3.65. The van der Waals surface area contributed by atoms with Gasteiger partial charge in [0, 0.05) is 18.0 Å². The fourth-order valence-corrected chi connectivity index (χ4v) is 2.59. The lowest BCUT2D eigenvalue weighted by Gasteiger charge is -2.18. The van der Waals surface area contributed by atoms with Crippen molar-refractivity contribution in [3.8, 4) is 5.75 Å². The first-order valence-corrected chi connectivity index (χ1v) is 7.01. The molecule has 106 valence electrons. The summed E-state index contributed by atoms with van der Waals surface area (Å²) < 4.78 is 0. The monoisotopic (exact) mass is 269 g/mol. The SMILES string of the molecule is Cc1cc(CN(C)C)cc(C(C)c2ccccc2)c1O. The Morgan fingerprint density at radius 3 is 2.35 bits per heavy atom. The molecule has 0 saturated heterocycles. The van der Waals surface area contributed by atoms with Gasteiger partial charge >= 0.3 is 0 Å². The number of benzene rings is 2. The van der Waals surface area contributed by atoms with E-state index < -0.39 is 0 Å². The highest BCUT2D eigenvalue weighted by atomic mass is 16.3. The molecule has 1 atom stereocenters. The largest absolute Gasteiger partial charge is 0.507 e. The van der Waals surface area contributed by atoms with Crippen LogP contribution in [0.4, 0.5) is 0 Å². The lowest BCUT2D eigenvalue weighted by atomic mass is 9.90. The normalized spacial score (nSPS) is 12.7. The Labute approximate surface area is 121 Å². The number of phenolic OH excluding ortho intramolecular Hbond substituents is 1. The van der Waals surface area contributed by atoms with E-state index in [1.54, 1.807) is 0 Å². The summed E-state index contributed by atoms with van der Waals surface area (Å²) in [7, 11) is 4.12. The van der Waals surface area contributed by atoms with Gasteiger partial charge in [-0.3, -0.25) is 0 Å². The van der Waals surface area contributed by atoms with Crippen molar-refractivity contribution < 1.29 is 5.11 Å². The second kappa shape index (κ2) is 6.10. The van der Waals surface area contributed by atoms with Gasteiger partial charge in [0.05, 0.1) is 0 Å². The molecule has 2 heteroatoms. The number of rotatable bonds is 4. The molecule has 0 aliphatic carbocycles. The highest BCUT2D eigenvalue weighted by Crippen LogP contribution is 2.34. The van der Waals surface area contributed by atoms with Crippen molar-refractivity contribution in [2.45, 2.75) is 26.3 Å². The molecule has 0 bridgehead atoms. The molecule has 0 spiro atoms. The highest BCUT2D eigenvalue weighted by molar-refractivity contribution is 5.47. The smallest absolute Gasteiger partial charge is 0.122 e. The molecule has 1 unspecified atom stereocenters. The zero-order valence-electron chi connectivity index (χ0n) is 12.7. The van der Waals surface area contributed by atoms with E-state index in [0.717, 1.165) is 17.7 Å². The lowest BCUT2D eigenvalue weighted by molar-refractivity contribution is 0.401. The molecule has 0 amide bonds. The molecule has 1 N–H and O–H groups in total. The Kier molecular flexibility index (Phi) is 4.46. The first-order valence-electron chi connectivity index (χ1n) is 7.01. The van der Waals surface area contributed by atoms with E-state index in [1.807, 2.05) is 25.1 Å². The summed E-state index contributed by atoms with van der Waals surface area (Å²) in [6.07, 6.45) is 0. The molecule has 20 heavy (non-hydrogen) atoms. The first kappa shape index (κ1) is 14.6. The van der Waals surface area contributed by atoms with Gasteiger partial charge in [0.2, 0.25) is 0 Å². The highest BCUT2D eigenvalue weighted by Gasteiger charge is 2.15. The summed E-state index contributed by atoms with van der Waals surface area (Å²) in [4.78, 5) is 2.14. The van der Waals surface area contributed by atoms with Gasteiger partial charge in [-0.25, -0.2) is 0 Å². The summed E-state index contributed by atoms with van der Waals surface area (Å²) in [5.41, 5.74) is 4.42. The quantitative estimate of drug-likeness (QED) is 0.909. The summed E-state index contributed by atoms with van der Waals surface area (Å²) in [5.74, 6) is 0.612. The predicted molar refractivity (Wildman–Crippen MR) is 84.2 cm³/mol. The molecular weight excluding hydrogens is 246 g/mol. The third-order valence-corrected chi connectivity index (χ3v) is 3.65. The number of nitrogens with zero attached hydrogens (tertiary/aromatic N) is 1. The van der Waals surface area contributed by atoms with E-state index in [4.69, 9.17) is 0 Å². The number of hydrogen-bond donors (Lipinski definition) is 1. The second-order valence-corrected chi connectivity index (χ2v) is 5.72. The molecule has 0 aliphatic heterocycles. The van der Waals surface area contributed by atoms with E-state index in [-0.39, 0.29) is 5.92 Å². The molecule has 2 nitrogen and oxygen atoms in total. The second-order valence-electron chi connectivity index (χ2n) is 5.72. The van der Waals surface area contributed by atoms with Gasteiger partial charge in [0.15, 0.2) is 0 Å². The topological polar surface area (TPSA) is 23.5 Å². The molecule has 0 radical (unpaired) electrons. The Balaban J connectivity index is 2.42. The molecule has 0 saturated carbocycles. The lowest BCUT2D eigenvalue weighted by Crippen LogP contribution is -2.11. The Bertz CT molecular complexity index is 575. The van der Waals surface area contributed by atoms with Crippen LogP contribution in [-0.4, -0.2) is 24.1 Å². The van der Waals surface area contributed by atoms with Gasteiger partial charge in [0.25, 0.3) is 0 Å². The van der Waals surface area contributed by atoms with Crippen molar-refractivity contribution in [1.29, 1.82) is 0 Å². The van der Waals surface area contributed by atoms with Crippen molar-refractivity contribution in [3.63, 3.8) is 0 Å². The van der Waals surface area contributed by atoms with E-state index in [9.17, 15) is 5.11 Å². The van der Waals surface area contributed by atoms with Gasteiger partial charge in [-0.05, 0) is 37.7 Å². The fourth-order valence-electron chi connectivity index (χ4n) is 2.59. The van der Waals surface area contributed by atoms with Crippen LogP contribution in [0.1, 0.15) is 35.1 Å². The number of aryl methyl sites for hydroxylation is 1. The molecule has 0 aromatic heterocycles. The third kappa shape index (κ3) is 3.20. The predicted octanol–water partition coefficient (Wildman–Crippen LogP) is 3.91. The maximum absolute atomic E-state index is 10.4. The number of aromatic hydroxyl groups is 1. The van der Waals surface area contributed by atoms with Crippen LogP contribution < -0.4 is 0 Å². The maximum Gasteiger partial charge on any atom is 0.122 e. The minimum atomic E-state index is 0.192. The minimum Gasteiger partial charge on any atom is -0.507 e. The van der Waals surface area contributed by atoms with Gasteiger partial charge in [-0.2, -0.15) is 0 Å². The van der Waals surface area contributed by atoms with Gasteiger partial charge < -0.3 is 10.0 Å². The van der Waals surface area contributed by atoms with Crippen LogP contribution >= 0.6 is 0 Å². The van der Waals surface area contributed by atoms with Crippen LogP contribution in [0.25, 0.3) is 0 Å². The van der Waals surface area contributed by atoms with Gasteiger partial charge in [-0.15, -0.1) is 0 Å². The van der Waals surface area contributed by atoms with Crippen LogP contribution in [0.3, 0.4) is 0 Å². The fraction of sp³-hybridized carbons (Fsp3) is 0.333. The van der Waals surface area contributed by atoms with Crippen molar-refractivity contribution in [1.82, 2.24) is 4.90 Å². The molecule has 0 heterocycles. The van der Waals surface area contributed by atoms with Crippen molar-refractivity contribution in [2.75, 3.05) is 14.1 Å². The molecule has 0 fully saturated rings. The van der Waals surface area contributed by atoms with E-state index in [1.165, 1.54) is 11.1 Å². The van der Waals surface area contributed by atoms with Crippen molar-refractivity contribution >= 4 is 0 Å². The average molecular weight is 269 g/mol. The van der Waals surface area contributed by atoms with Gasteiger partial charge in [-0.1, -0.05) is 49.4 Å². The zero-order valence-corrected chi connectivity index (χ0v) is 12.7. The Morgan fingerprint density at radius 2 is 1.75 bits per heavy atom. The van der Waals surface area contributed by atoms with E-state index in [0.29, 0.717) is 5.75 Å². The van der Waals surface area contributed by atoms with Gasteiger partial charge in [0.1, 0.15) is 5.75 Å². The summed E-state index contributed by atoms with van der Waals surface area (Å²) >= 11 is 0. The molecule has 2 aromatic carbocycles. The van der Waals surface area contributed by atoms with Crippen LogP contribution in [0.5, 0.6) is 5.75 Å². The number of hydrogen-bond acceptors (Lipinski definition) is 2. The Hall–Kier alpha value is -1.80. The summed E-state index contributed by atoms with van der Waals surface area (Å²) in [6, 6.07) is 14.5.